The van der Waals surface area contributed by atoms with Gasteiger partial charge in [-0.25, -0.2) is 0 Å². The van der Waals surface area contributed by atoms with Gasteiger partial charge in [-0.3, -0.25) is 0 Å². The van der Waals surface area contributed by atoms with Crippen LogP contribution in [0.2, 0.25) is 0 Å². The Labute approximate surface area is 133 Å². The Morgan fingerprint density at radius 3 is 2.57 bits per heavy atom. The molecule has 1 saturated heterocycles. The minimum absolute atomic E-state index is 0.286. The van der Waals surface area contributed by atoms with Crippen molar-refractivity contribution in [1.82, 2.24) is 0 Å². The number of benzene rings is 2. The monoisotopic (exact) mass is 348 g/mol. The zero-order valence-electron chi connectivity index (χ0n) is 11.8. The van der Waals surface area contributed by atoms with Gasteiger partial charge in [-0.2, -0.15) is 0 Å². The first-order valence-corrected chi connectivity index (χ1v) is 7.72. The summed E-state index contributed by atoms with van der Waals surface area (Å²) in [5.41, 5.74) is 2.24. The number of aryl methyl sites for hydroxylation is 1. The van der Waals surface area contributed by atoms with Gasteiger partial charge in [0, 0.05) is 4.47 Å². The molecule has 0 saturated carbocycles. The molecular weight excluding hydrogens is 332 g/mol. The van der Waals surface area contributed by atoms with Crippen LogP contribution in [-0.2, 0) is 11.3 Å². The lowest BCUT2D eigenvalue weighted by molar-refractivity contribution is 0.262. The molecule has 0 aromatic heterocycles. The highest BCUT2D eigenvalue weighted by Crippen LogP contribution is 2.23. The summed E-state index contributed by atoms with van der Waals surface area (Å²) in [6, 6.07) is 14.0. The largest absolute Gasteiger partial charge is 0.491 e. The summed E-state index contributed by atoms with van der Waals surface area (Å²) in [5, 5.41) is 0. The molecule has 1 heterocycles. The van der Waals surface area contributed by atoms with Gasteiger partial charge in [0.2, 0.25) is 0 Å². The molecule has 21 heavy (non-hydrogen) atoms. The lowest BCUT2D eigenvalue weighted by atomic mass is 10.2. The van der Waals surface area contributed by atoms with Crippen molar-refractivity contribution in [1.29, 1.82) is 0 Å². The molecule has 1 atom stereocenters. The zero-order chi connectivity index (χ0) is 14.7. The summed E-state index contributed by atoms with van der Waals surface area (Å²) in [5.74, 6) is 1.78. The van der Waals surface area contributed by atoms with Gasteiger partial charge >= 0.3 is 0 Å². The fourth-order valence-corrected chi connectivity index (χ4v) is 2.45. The number of epoxide rings is 1. The summed E-state index contributed by atoms with van der Waals surface area (Å²) in [7, 11) is 0. The Balaban J connectivity index is 1.54. The molecule has 0 bridgehead atoms. The molecule has 0 aliphatic carbocycles. The van der Waals surface area contributed by atoms with Crippen molar-refractivity contribution >= 4 is 15.9 Å². The molecule has 0 radical (unpaired) electrons. The van der Waals surface area contributed by atoms with Crippen molar-refractivity contribution in [2.24, 2.45) is 0 Å². The molecule has 3 nitrogen and oxygen atoms in total. The Morgan fingerprint density at radius 1 is 1.14 bits per heavy atom. The van der Waals surface area contributed by atoms with E-state index in [0.717, 1.165) is 33.7 Å². The predicted molar refractivity (Wildman–Crippen MR) is 84.9 cm³/mol. The van der Waals surface area contributed by atoms with Crippen LogP contribution in [0.3, 0.4) is 0 Å². The SMILES string of the molecule is Cc1cc(Br)ccc1OCc1ccc(OCC2CO2)cc1. The van der Waals surface area contributed by atoms with E-state index in [-0.39, 0.29) is 6.10 Å². The first-order chi connectivity index (χ1) is 10.2. The molecule has 4 heteroatoms. The van der Waals surface area contributed by atoms with E-state index in [9.17, 15) is 0 Å². The highest BCUT2D eigenvalue weighted by atomic mass is 79.9. The quantitative estimate of drug-likeness (QED) is 0.736. The summed E-state index contributed by atoms with van der Waals surface area (Å²) >= 11 is 3.45. The Morgan fingerprint density at radius 2 is 1.90 bits per heavy atom. The second kappa shape index (κ2) is 6.50. The van der Waals surface area contributed by atoms with Crippen LogP contribution in [0.15, 0.2) is 46.9 Å². The zero-order valence-corrected chi connectivity index (χ0v) is 13.4. The highest BCUT2D eigenvalue weighted by molar-refractivity contribution is 9.10. The average Bonchev–Trinajstić information content (AvgIpc) is 3.30. The number of halogens is 1. The van der Waals surface area contributed by atoms with E-state index < -0.39 is 0 Å². The van der Waals surface area contributed by atoms with Crippen molar-refractivity contribution in [3.05, 3.63) is 58.1 Å². The number of ether oxygens (including phenoxy) is 3. The third kappa shape index (κ3) is 4.22. The van der Waals surface area contributed by atoms with Crippen LogP contribution in [0.25, 0.3) is 0 Å². The van der Waals surface area contributed by atoms with Crippen LogP contribution in [0, 0.1) is 6.92 Å². The molecule has 0 spiro atoms. The highest BCUT2D eigenvalue weighted by Gasteiger charge is 2.22. The van der Waals surface area contributed by atoms with Crippen molar-refractivity contribution in [3.8, 4) is 11.5 Å². The Kier molecular flexibility index (Phi) is 4.46. The lowest BCUT2D eigenvalue weighted by Crippen LogP contribution is -2.04. The second-order valence-electron chi connectivity index (χ2n) is 5.11. The van der Waals surface area contributed by atoms with E-state index in [0.29, 0.717) is 13.2 Å². The standard InChI is InChI=1S/C17H17BrO3/c1-12-8-14(18)4-7-17(12)21-9-13-2-5-15(6-3-13)19-10-16-11-20-16/h2-8,16H,9-11H2,1H3. The van der Waals surface area contributed by atoms with Crippen molar-refractivity contribution in [2.75, 3.05) is 13.2 Å². The molecule has 1 aliphatic rings. The molecular formula is C17H17BrO3. The van der Waals surface area contributed by atoms with Crippen LogP contribution in [0.1, 0.15) is 11.1 Å². The third-order valence-electron chi connectivity index (χ3n) is 3.29. The van der Waals surface area contributed by atoms with E-state index >= 15 is 0 Å². The van der Waals surface area contributed by atoms with Crippen molar-refractivity contribution in [3.63, 3.8) is 0 Å². The molecule has 2 aromatic carbocycles. The topological polar surface area (TPSA) is 31.0 Å². The molecule has 1 unspecified atom stereocenters. The predicted octanol–water partition coefficient (Wildman–Crippen LogP) is 4.11. The summed E-state index contributed by atoms with van der Waals surface area (Å²) in [4.78, 5) is 0. The van der Waals surface area contributed by atoms with Gasteiger partial charge in [0.1, 0.15) is 30.8 Å². The van der Waals surface area contributed by atoms with E-state index in [2.05, 4.69) is 15.9 Å². The molecule has 2 aromatic rings. The van der Waals surface area contributed by atoms with Crippen molar-refractivity contribution in [2.45, 2.75) is 19.6 Å². The van der Waals surface area contributed by atoms with Crippen LogP contribution >= 0.6 is 15.9 Å². The third-order valence-corrected chi connectivity index (χ3v) is 3.79. The molecule has 1 fully saturated rings. The lowest BCUT2D eigenvalue weighted by Gasteiger charge is -2.10. The van der Waals surface area contributed by atoms with Gasteiger partial charge in [-0.15, -0.1) is 0 Å². The van der Waals surface area contributed by atoms with Gasteiger partial charge in [0.25, 0.3) is 0 Å². The first-order valence-electron chi connectivity index (χ1n) is 6.93. The molecule has 0 amide bonds. The molecule has 0 N–H and O–H groups in total. The second-order valence-corrected chi connectivity index (χ2v) is 6.02. The molecule has 110 valence electrons. The number of rotatable bonds is 6. The van der Waals surface area contributed by atoms with E-state index in [1.165, 1.54) is 0 Å². The number of hydrogen-bond acceptors (Lipinski definition) is 3. The van der Waals surface area contributed by atoms with Gasteiger partial charge in [-0.05, 0) is 48.4 Å². The Bertz CT molecular complexity index is 606. The van der Waals surface area contributed by atoms with Crippen LogP contribution in [0.5, 0.6) is 11.5 Å². The van der Waals surface area contributed by atoms with Crippen LogP contribution in [0.4, 0.5) is 0 Å². The minimum Gasteiger partial charge on any atom is -0.491 e. The molecule has 3 rings (SSSR count). The Hall–Kier alpha value is -1.52. The average molecular weight is 349 g/mol. The summed E-state index contributed by atoms with van der Waals surface area (Å²) in [6.45, 7) is 4.04. The minimum atomic E-state index is 0.286. The van der Waals surface area contributed by atoms with E-state index in [4.69, 9.17) is 14.2 Å². The smallest absolute Gasteiger partial charge is 0.122 e. The van der Waals surface area contributed by atoms with Gasteiger partial charge in [-0.1, -0.05) is 28.1 Å². The number of hydrogen-bond donors (Lipinski definition) is 0. The van der Waals surface area contributed by atoms with Gasteiger partial charge < -0.3 is 14.2 Å². The van der Waals surface area contributed by atoms with Gasteiger partial charge in [0.05, 0.1) is 6.61 Å². The van der Waals surface area contributed by atoms with Gasteiger partial charge in [0.15, 0.2) is 0 Å². The van der Waals surface area contributed by atoms with E-state index in [1.807, 2.05) is 49.4 Å². The first kappa shape index (κ1) is 14.4. The maximum Gasteiger partial charge on any atom is 0.122 e. The van der Waals surface area contributed by atoms with Crippen LogP contribution in [-0.4, -0.2) is 19.3 Å². The van der Waals surface area contributed by atoms with Crippen molar-refractivity contribution < 1.29 is 14.2 Å². The summed E-state index contributed by atoms with van der Waals surface area (Å²) < 4.78 is 17.6. The summed E-state index contributed by atoms with van der Waals surface area (Å²) in [6.07, 6.45) is 0.286. The molecule has 1 aliphatic heterocycles. The van der Waals surface area contributed by atoms with E-state index in [1.54, 1.807) is 0 Å². The fourth-order valence-electron chi connectivity index (χ4n) is 1.97. The normalized spacial score (nSPS) is 16.6. The van der Waals surface area contributed by atoms with Crippen LogP contribution < -0.4 is 9.47 Å². The fraction of sp³-hybridized carbons (Fsp3) is 0.294. The maximum atomic E-state index is 5.84. The maximum absolute atomic E-state index is 5.84.